The zero-order valence-electron chi connectivity index (χ0n) is 17.4. The van der Waals surface area contributed by atoms with Crippen LogP contribution in [-0.4, -0.2) is 28.5 Å². The van der Waals surface area contributed by atoms with Gasteiger partial charge in [-0.25, -0.2) is 14.8 Å². The van der Waals surface area contributed by atoms with Crippen LogP contribution in [0.5, 0.6) is 0 Å². The maximum atomic E-state index is 12.5. The highest BCUT2D eigenvalue weighted by Crippen LogP contribution is 2.26. The number of rotatable bonds is 8. The molecule has 31 heavy (non-hydrogen) atoms. The summed E-state index contributed by atoms with van der Waals surface area (Å²) in [6, 6.07) is 12.9. The monoisotopic (exact) mass is 439 g/mol. The van der Waals surface area contributed by atoms with E-state index in [9.17, 15) is 9.59 Å². The summed E-state index contributed by atoms with van der Waals surface area (Å²) in [5.41, 5.74) is 8.13. The summed E-state index contributed by atoms with van der Waals surface area (Å²) < 4.78 is 5.19. The Hall–Kier alpha value is -3.46. The lowest BCUT2D eigenvalue weighted by Crippen LogP contribution is -2.27. The van der Waals surface area contributed by atoms with Crippen molar-refractivity contribution in [3.63, 3.8) is 0 Å². The number of carbonyl (C=O) groups excluding carboxylic acids is 2. The Morgan fingerprint density at radius 3 is 2.52 bits per heavy atom. The molecule has 0 radical (unpaired) electrons. The van der Waals surface area contributed by atoms with Crippen molar-refractivity contribution in [3.8, 4) is 10.6 Å². The maximum absolute atomic E-state index is 12.5. The Bertz CT molecular complexity index is 1030. The fourth-order valence-corrected chi connectivity index (χ4v) is 3.51. The number of amides is 2. The number of thiophene rings is 1. The number of nitrogen functional groups attached to an aromatic ring is 1. The third-order valence-corrected chi connectivity index (χ3v) is 5.36. The molecule has 0 bridgehead atoms. The number of benzene rings is 1. The molecule has 8 nitrogen and oxygen atoms in total. The van der Waals surface area contributed by atoms with Crippen molar-refractivity contribution >= 4 is 29.3 Å². The van der Waals surface area contributed by atoms with E-state index in [1.54, 1.807) is 18.3 Å². The number of hydrogen-bond acceptors (Lipinski definition) is 7. The molecule has 4 N–H and O–H groups in total. The van der Waals surface area contributed by atoms with Crippen molar-refractivity contribution in [1.82, 2.24) is 20.6 Å². The van der Waals surface area contributed by atoms with Crippen LogP contribution in [-0.2, 0) is 17.9 Å². The molecule has 0 fully saturated rings. The van der Waals surface area contributed by atoms with Gasteiger partial charge in [0.25, 0.3) is 5.91 Å². The number of hydrogen-bond donors (Lipinski definition) is 3. The van der Waals surface area contributed by atoms with Gasteiger partial charge >= 0.3 is 6.09 Å². The smallest absolute Gasteiger partial charge is 0.407 e. The van der Waals surface area contributed by atoms with Crippen molar-refractivity contribution < 1.29 is 14.3 Å². The van der Waals surface area contributed by atoms with Crippen LogP contribution in [0.3, 0.4) is 0 Å². The molecule has 3 rings (SSSR count). The summed E-state index contributed by atoms with van der Waals surface area (Å²) >= 11 is 1.34. The summed E-state index contributed by atoms with van der Waals surface area (Å²) in [6.07, 6.45) is 1.16. The predicted octanol–water partition coefficient (Wildman–Crippen LogP) is 3.60. The van der Waals surface area contributed by atoms with E-state index in [4.69, 9.17) is 10.5 Å². The molecule has 0 atom stereocenters. The van der Waals surface area contributed by atoms with Gasteiger partial charge in [0.15, 0.2) is 0 Å². The lowest BCUT2D eigenvalue weighted by molar-refractivity contribution is 0.0954. The van der Waals surface area contributed by atoms with E-state index in [0.717, 1.165) is 16.0 Å². The van der Waals surface area contributed by atoms with Crippen LogP contribution in [0.4, 0.5) is 10.7 Å². The van der Waals surface area contributed by atoms with E-state index < -0.39 is 6.09 Å². The maximum Gasteiger partial charge on any atom is 0.407 e. The molecule has 0 aliphatic carbocycles. The molecule has 3 aromatic rings. The molecule has 0 aliphatic heterocycles. The fourth-order valence-electron chi connectivity index (χ4n) is 2.62. The molecule has 9 heteroatoms. The lowest BCUT2D eigenvalue weighted by Gasteiger charge is -2.09. The normalized spacial score (nSPS) is 10.7. The van der Waals surface area contributed by atoms with Gasteiger partial charge in [-0.2, -0.15) is 0 Å². The van der Waals surface area contributed by atoms with Crippen LogP contribution in [0.15, 0.2) is 48.7 Å². The van der Waals surface area contributed by atoms with E-state index in [2.05, 4.69) is 20.6 Å². The Kier molecular flexibility index (Phi) is 7.55. The topological polar surface area (TPSA) is 119 Å². The fraction of sp³-hybridized carbons (Fsp3) is 0.273. The third-order valence-electron chi connectivity index (χ3n) is 4.26. The van der Waals surface area contributed by atoms with Gasteiger partial charge in [0.1, 0.15) is 6.61 Å². The summed E-state index contributed by atoms with van der Waals surface area (Å²) in [5.74, 6) is 0.406. The minimum Gasteiger partial charge on any atom is -0.445 e. The first-order chi connectivity index (χ1) is 14.9. The Morgan fingerprint density at radius 1 is 1.06 bits per heavy atom. The van der Waals surface area contributed by atoms with Gasteiger partial charge in [-0.3, -0.25) is 4.79 Å². The van der Waals surface area contributed by atoms with Crippen LogP contribution in [0.2, 0.25) is 0 Å². The van der Waals surface area contributed by atoms with Gasteiger partial charge in [-0.1, -0.05) is 38.1 Å². The molecule has 2 aromatic heterocycles. The average molecular weight is 440 g/mol. The number of nitrogens with zero attached hydrogens (tertiary/aromatic N) is 2. The Morgan fingerprint density at radius 2 is 1.81 bits per heavy atom. The number of anilines is 1. The highest BCUT2D eigenvalue weighted by molar-refractivity contribution is 7.17. The van der Waals surface area contributed by atoms with Crippen LogP contribution in [0.25, 0.3) is 10.6 Å². The molecule has 0 saturated carbocycles. The summed E-state index contributed by atoms with van der Waals surface area (Å²) in [6.45, 7) is 5.20. The second-order valence-corrected chi connectivity index (χ2v) is 8.40. The number of nitrogens with two attached hydrogens (primary N) is 1. The molecule has 0 unspecified atom stereocenters. The quantitative estimate of drug-likeness (QED) is 0.493. The van der Waals surface area contributed by atoms with Crippen LogP contribution >= 0.6 is 11.3 Å². The van der Waals surface area contributed by atoms with E-state index in [-0.39, 0.29) is 18.5 Å². The van der Waals surface area contributed by atoms with Crippen molar-refractivity contribution in [2.75, 3.05) is 12.3 Å². The number of nitrogens with one attached hydrogen (secondary N) is 2. The molecule has 162 valence electrons. The zero-order chi connectivity index (χ0) is 22.2. The third kappa shape index (κ3) is 6.78. The van der Waals surface area contributed by atoms with E-state index in [1.165, 1.54) is 11.3 Å². The van der Waals surface area contributed by atoms with Gasteiger partial charge in [-0.05, 0) is 35.2 Å². The van der Waals surface area contributed by atoms with E-state index in [1.807, 2.05) is 44.2 Å². The summed E-state index contributed by atoms with van der Waals surface area (Å²) in [4.78, 5) is 33.6. The first kappa shape index (κ1) is 22.2. The number of carbonyl (C=O) groups is 2. The van der Waals surface area contributed by atoms with Crippen LogP contribution in [0.1, 0.15) is 34.6 Å². The Labute approximate surface area is 184 Å². The first-order valence-electron chi connectivity index (χ1n) is 9.86. The molecular formula is C22H25N5O3S. The minimum atomic E-state index is -0.426. The van der Waals surface area contributed by atoms with Crippen molar-refractivity contribution in [2.45, 2.75) is 27.0 Å². The standard InChI is InChI=1S/C22H25N5O3S/c1-14(2)11-26-22(29)30-13-16-5-3-15(4-6-16)12-25-20(28)19-8-7-18(31-19)17-9-10-24-21(23)27-17/h3-10,14H,11-13H2,1-2H3,(H,25,28)(H,26,29)(H2,23,24,27). The van der Waals surface area contributed by atoms with E-state index >= 15 is 0 Å². The van der Waals surface area contributed by atoms with E-state index in [0.29, 0.717) is 29.6 Å². The van der Waals surface area contributed by atoms with Crippen molar-refractivity contribution in [3.05, 3.63) is 64.7 Å². The largest absolute Gasteiger partial charge is 0.445 e. The molecule has 1 aromatic carbocycles. The SMILES string of the molecule is CC(C)CNC(=O)OCc1ccc(CNC(=O)c2ccc(-c3ccnc(N)n3)s2)cc1. The van der Waals surface area contributed by atoms with Gasteiger partial charge in [0.2, 0.25) is 5.95 Å². The van der Waals surface area contributed by atoms with Crippen molar-refractivity contribution in [2.24, 2.45) is 5.92 Å². The average Bonchev–Trinajstić information content (AvgIpc) is 3.26. The molecule has 0 spiro atoms. The molecule has 2 amide bonds. The Balaban J connectivity index is 1.48. The second kappa shape index (κ2) is 10.5. The highest BCUT2D eigenvalue weighted by Gasteiger charge is 2.11. The van der Waals surface area contributed by atoms with Crippen LogP contribution < -0.4 is 16.4 Å². The van der Waals surface area contributed by atoms with Gasteiger partial charge in [-0.15, -0.1) is 11.3 Å². The molecule has 0 aliphatic rings. The molecule has 0 saturated heterocycles. The lowest BCUT2D eigenvalue weighted by atomic mass is 10.1. The predicted molar refractivity (Wildman–Crippen MR) is 120 cm³/mol. The second-order valence-electron chi connectivity index (χ2n) is 7.31. The number of alkyl carbamates (subject to hydrolysis) is 1. The molecule has 2 heterocycles. The minimum absolute atomic E-state index is 0.160. The summed E-state index contributed by atoms with van der Waals surface area (Å²) in [7, 11) is 0. The first-order valence-corrected chi connectivity index (χ1v) is 10.7. The van der Waals surface area contributed by atoms with Crippen molar-refractivity contribution in [1.29, 1.82) is 0 Å². The van der Waals surface area contributed by atoms with Gasteiger partial charge in [0.05, 0.1) is 15.4 Å². The zero-order valence-corrected chi connectivity index (χ0v) is 18.2. The number of ether oxygens (including phenoxy) is 1. The number of aromatic nitrogens is 2. The summed E-state index contributed by atoms with van der Waals surface area (Å²) in [5, 5.41) is 5.61. The van der Waals surface area contributed by atoms with Crippen LogP contribution in [0, 0.1) is 5.92 Å². The molecular weight excluding hydrogens is 414 g/mol. The van der Waals surface area contributed by atoms with Gasteiger partial charge < -0.3 is 21.1 Å². The highest BCUT2D eigenvalue weighted by atomic mass is 32.1. The van der Waals surface area contributed by atoms with Gasteiger partial charge in [0, 0.05) is 19.3 Å².